The van der Waals surface area contributed by atoms with Gasteiger partial charge in [-0.25, -0.2) is 0 Å². The molecule has 5 heteroatoms. The van der Waals surface area contributed by atoms with E-state index in [1.807, 2.05) is 44.3 Å². The molecule has 1 amide bonds. The Morgan fingerprint density at radius 3 is 2.73 bits per heavy atom. The Hall–Kier alpha value is -3.05. The zero-order valence-corrected chi connectivity index (χ0v) is 18.2. The van der Waals surface area contributed by atoms with Gasteiger partial charge in [-0.15, -0.1) is 0 Å². The third-order valence-electron chi connectivity index (χ3n) is 5.91. The largest absolute Gasteiger partial charge is 0.497 e. The minimum absolute atomic E-state index is 0.0572. The molecule has 0 saturated heterocycles. The van der Waals surface area contributed by atoms with Gasteiger partial charge >= 0.3 is 0 Å². The molecule has 1 aliphatic rings. The van der Waals surface area contributed by atoms with Crippen LogP contribution in [0.15, 0.2) is 48.5 Å². The highest BCUT2D eigenvalue weighted by Crippen LogP contribution is 2.25. The van der Waals surface area contributed by atoms with Crippen molar-refractivity contribution >= 4 is 11.6 Å². The first-order valence-electron chi connectivity index (χ1n) is 10.4. The second-order valence-corrected chi connectivity index (χ2v) is 8.15. The summed E-state index contributed by atoms with van der Waals surface area (Å²) in [5.74, 6) is 0.827. The summed E-state index contributed by atoms with van der Waals surface area (Å²) < 4.78 is 7.40. The van der Waals surface area contributed by atoms with Gasteiger partial charge in [0.15, 0.2) is 0 Å². The van der Waals surface area contributed by atoms with Crippen molar-refractivity contribution in [1.82, 2.24) is 9.47 Å². The molecular weight excluding hydrogens is 374 g/mol. The second-order valence-electron chi connectivity index (χ2n) is 8.15. The van der Waals surface area contributed by atoms with Crippen LogP contribution in [0.25, 0.3) is 0 Å². The summed E-state index contributed by atoms with van der Waals surface area (Å²) in [4.78, 5) is 15.4. The SMILES string of the molecule is COc1cccc(CN2CCc3c(cc(C(=O)Nc4ccc(C)cc4C)n3C)C2)c1. The Bertz CT molecular complexity index is 1080. The molecule has 3 aromatic rings. The topological polar surface area (TPSA) is 46.5 Å². The van der Waals surface area contributed by atoms with Crippen LogP contribution in [0.1, 0.15) is 38.4 Å². The number of aromatic nitrogens is 1. The minimum Gasteiger partial charge on any atom is -0.497 e. The monoisotopic (exact) mass is 403 g/mol. The first-order chi connectivity index (χ1) is 14.4. The summed E-state index contributed by atoms with van der Waals surface area (Å²) in [7, 11) is 3.69. The van der Waals surface area contributed by atoms with Gasteiger partial charge in [0.1, 0.15) is 11.4 Å². The van der Waals surface area contributed by atoms with Gasteiger partial charge in [-0.1, -0.05) is 29.8 Å². The number of nitrogens with one attached hydrogen (secondary N) is 1. The number of anilines is 1. The van der Waals surface area contributed by atoms with Crippen molar-refractivity contribution in [1.29, 1.82) is 0 Å². The van der Waals surface area contributed by atoms with Gasteiger partial charge in [-0.2, -0.15) is 0 Å². The summed E-state index contributed by atoms with van der Waals surface area (Å²) >= 11 is 0. The fourth-order valence-corrected chi connectivity index (χ4v) is 4.28. The molecular formula is C25H29N3O2. The van der Waals surface area contributed by atoms with E-state index in [0.717, 1.165) is 43.1 Å². The Balaban J connectivity index is 1.49. The maximum atomic E-state index is 13.0. The molecule has 0 saturated carbocycles. The average molecular weight is 404 g/mol. The highest BCUT2D eigenvalue weighted by atomic mass is 16.5. The average Bonchev–Trinajstić information content (AvgIpc) is 3.06. The quantitative estimate of drug-likeness (QED) is 0.684. The van der Waals surface area contributed by atoms with Gasteiger partial charge in [-0.3, -0.25) is 9.69 Å². The Kier molecular flexibility index (Phi) is 5.64. The molecule has 156 valence electrons. The Morgan fingerprint density at radius 2 is 1.97 bits per heavy atom. The molecule has 0 atom stereocenters. The van der Waals surface area contributed by atoms with Crippen LogP contribution in [-0.2, 0) is 26.6 Å². The van der Waals surface area contributed by atoms with E-state index in [0.29, 0.717) is 5.69 Å². The fourth-order valence-electron chi connectivity index (χ4n) is 4.28. The predicted octanol–water partition coefficient (Wildman–Crippen LogP) is 4.46. The van der Waals surface area contributed by atoms with E-state index >= 15 is 0 Å². The third-order valence-corrected chi connectivity index (χ3v) is 5.91. The molecule has 30 heavy (non-hydrogen) atoms. The molecule has 0 bridgehead atoms. The molecule has 2 aromatic carbocycles. The van der Waals surface area contributed by atoms with Crippen molar-refractivity contribution < 1.29 is 9.53 Å². The van der Waals surface area contributed by atoms with Crippen molar-refractivity contribution in [3.8, 4) is 5.75 Å². The summed E-state index contributed by atoms with van der Waals surface area (Å²) in [6.07, 6.45) is 0.937. The van der Waals surface area contributed by atoms with Gasteiger partial charge in [0.05, 0.1) is 7.11 Å². The Morgan fingerprint density at radius 1 is 1.13 bits per heavy atom. The van der Waals surface area contributed by atoms with Crippen LogP contribution in [0.5, 0.6) is 5.75 Å². The number of amides is 1. The van der Waals surface area contributed by atoms with Crippen LogP contribution in [0.4, 0.5) is 5.69 Å². The highest BCUT2D eigenvalue weighted by molar-refractivity contribution is 6.04. The van der Waals surface area contributed by atoms with Gasteiger partial charge in [0.2, 0.25) is 0 Å². The predicted molar refractivity (Wildman–Crippen MR) is 120 cm³/mol. The number of nitrogens with zero attached hydrogens (tertiary/aromatic N) is 2. The van der Waals surface area contributed by atoms with Crippen LogP contribution in [0.2, 0.25) is 0 Å². The minimum atomic E-state index is -0.0572. The molecule has 1 aliphatic heterocycles. The van der Waals surface area contributed by atoms with Gasteiger partial charge in [0, 0.05) is 44.5 Å². The smallest absolute Gasteiger partial charge is 0.272 e. The number of hydrogen-bond acceptors (Lipinski definition) is 3. The molecule has 1 aromatic heterocycles. The highest BCUT2D eigenvalue weighted by Gasteiger charge is 2.24. The van der Waals surface area contributed by atoms with Crippen LogP contribution in [0.3, 0.4) is 0 Å². The zero-order chi connectivity index (χ0) is 21.3. The van der Waals surface area contributed by atoms with Crippen LogP contribution >= 0.6 is 0 Å². The first-order valence-corrected chi connectivity index (χ1v) is 10.4. The van der Waals surface area contributed by atoms with E-state index in [1.54, 1.807) is 7.11 Å². The standard InChI is InChI=1S/C25H29N3O2/c1-17-8-9-22(18(2)12-17)26-25(29)24-14-20-16-28(11-10-23(20)27(24)3)15-19-6-5-7-21(13-19)30-4/h5-9,12-14H,10-11,15-16H2,1-4H3,(H,26,29). The molecule has 1 N–H and O–H groups in total. The fraction of sp³-hybridized carbons (Fsp3) is 0.320. The number of hydrogen-bond donors (Lipinski definition) is 1. The van der Waals surface area contributed by atoms with Crippen molar-refractivity contribution in [2.24, 2.45) is 7.05 Å². The number of carbonyl (C=O) groups is 1. The molecule has 2 heterocycles. The summed E-state index contributed by atoms with van der Waals surface area (Å²) in [5.41, 5.74) is 7.57. The molecule has 5 nitrogen and oxygen atoms in total. The Labute approximate surface area is 178 Å². The lowest BCUT2D eigenvalue weighted by atomic mass is 10.1. The van der Waals surface area contributed by atoms with Crippen molar-refractivity contribution in [3.05, 3.63) is 82.2 Å². The van der Waals surface area contributed by atoms with Crippen LogP contribution in [-0.4, -0.2) is 29.0 Å². The first kappa shape index (κ1) is 20.2. The van der Waals surface area contributed by atoms with Crippen molar-refractivity contribution in [2.75, 3.05) is 19.0 Å². The van der Waals surface area contributed by atoms with E-state index in [-0.39, 0.29) is 5.91 Å². The summed E-state index contributed by atoms with van der Waals surface area (Å²) in [5, 5.41) is 3.08. The number of benzene rings is 2. The molecule has 0 radical (unpaired) electrons. The van der Waals surface area contributed by atoms with Crippen molar-refractivity contribution in [2.45, 2.75) is 33.4 Å². The lowest BCUT2D eigenvalue weighted by Gasteiger charge is -2.27. The number of fused-ring (bicyclic) bond motifs is 1. The third kappa shape index (κ3) is 4.12. The molecule has 0 fully saturated rings. The van der Waals surface area contributed by atoms with E-state index in [4.69, 9.17) is 4.74 Å². The lowest BCUT2D eigenvalue weighted by Crippen LogP contribution is -2.30. The second kappa shape index (κ2) is 8.36. The van der Waals surface area contributed by atoms with Gasteiger partial charge in [-0.05, 0) is 54.8 Å². The number of aryl methyl sites for hydroxylation is 2. The number of carbonyl (C=O) groups excluding carboxylic acids is 1. The van der Waals surface area contributed by atoms with Crippen LogP contribution < -0.4 is 10.1 Å². The van der Waals surface area contributed by atoms with Crippen molar-refractivity contribution in [3.63, 3.8) is 0 Å². The maximum absolute atomic E-state index is 13.0. The zero-order valence-electron chi connectivity index (χ0n) is 18.2. The number of rotatable bonds is 5. The van der Waals surface area contributed by atoms with E-state index in [1.165, 1.54) is 22.4 Å². The van der Waals surface area contributed by atoms with Gasteiger partial charge in [0.25, 0.3) is 5.91 Å². The molecule has 0 unspecified atom stereocenters. The van der Waals surface area contributed by atoms with E-state index in [2.05, 4.69) is 39.9 Å². The molecule has 0 spiro atoms. The number of methoxy groups -OCH3 is 1. The van der Waals surface area contributed by atoms with E-state index < -0.39 is 0 Å². The lowest BCUT2D eigenvalue weighted by molar-refractivity contribution is 0.101. The van der Waals surface area contributed by atoms with E-state index in [9.17, 15) is 4.79 Å². The van der Waals surface area contributed by atoms with Gasteiger partial charge < -0.3 is 14.6 Å². The maximum Gasteiger partial charge on any atom is 0.272 e. The van der Waals surface area contributed by atoms with Crippen LogP contribution in [0, 0.1) is 13.8 Å². The molecule has 0 aliphatic carbocycles. The summed E-state index contributed by atoms with van der Waals surface area (Å²) in [6, 6.07) is 16.3. The molecule has 4 rings (SSSR count). The summed E-state index contributed by atoms with van der Waals surface area (Å²) in [6.45, 7) is 6.77. The normalized spacial score (nSPS) is 13.7. The number of ether oxygens (including phenoxy) is 1.